The molecule has 1 aliphatic rings. The summed E-state index contributed by atoms with van der Waals surface area (Å²) < 4.78 is 0. The van der Waals surface area contributed by atoms with Crippen molar-refractivity contribution < 1.29 is 9.90 Å². The second kappa shape index (κ2) is 13.5. The predicted molar refractivity (Wildman–Crippen MR) is 156 cm³/mol. The first-order valence-corrected chi connectivity index (χ1v) is 13.4. The zero-order valence-electron chi connectivity index (χ0n) is 20.1. The molecule has 1 saturated heterocycles. The minimum atomic E-state index is -0.785. The van der Waals surface area contributed by atoms with E-state index in [1.165, 1.54) is 0 Å². The summed E-state index contributed by atoms with van der Waals surface area (Å²) >= 11 is 24.6. The first-order valence-electron chi connectivity index (χ1n) is 11.9. The molecule has 0 saturated carbocycles. The number of nitrogens with one attached hydrogen (secondary N) is 1. The maximum absolute atomic E-state index is 12.8. The highest BCUT2D eigenvalue weighted by Gasteiger charge is 2.33. The Labute approximate surface area is 244 Å². The van der Waals surface area contributed by atoms with E-state index >= 15 is 0 Å². The van der Waals surface area contributed by atoms with Crippen molar-refractivity contribution in [3.63, 3.8) is 0 Å². The van der Waals surface area contributed by atoms with Crippen LogP contribution in [0.1, 0.15) is 46.7 Å². The number of nitrogens with zero attached hydrogens (tertiary/aromatic N) is 1. The number of benzene rings is 3. The number of rotatable bonds is 8. The fourth-order valence-corrected chi connectivity index (χ4v) is 5.46. The van der Waals surface area contributed by atoms with Crippen LogP contribution in [0.2, 0.25) is 20.1 Å². The highest BCUT2D eigenvalue weighted by Crippen LogP contribution is 2.34. The second-order valence-electron chi connectivity index (χ2n) is 9.23. The maximum atomic E-state index is 12.8. The van der Waals surface area contributed by atoms with Gasteiger partial charge in [-0.3, -0.25) is 4.79 Å². The van der Waals surface area contributed by atoms with Crippen LogP contribution in [0.25, 0.3) is 0 Å². The van der Waals surface area contributed by atoms with Crippen LogP contribution in [0.5, 0.6) is 0 Å². The lowest BCUT2D eigenvalue weighted by Gasteiger charge is -2.39. The largest absolute Gasteiger partial charge is 0.385 e. The average molecular weight is 603 g/mol. The third kappa shape index (κ3) is 7.77. The first-order chi connectivity index (χ1) is 17.2. The Balaban J connectivity index is 0.00000380. The molecule has 3 aromatic rings. The second-order valence-corrected chi connectivity index (χ2v) is 10.9. The van der Waals surface area contributed by atoms with E-state index in [0.29, 0.717) is 45.0 Å². The zero-order valence-corrected chi connectivity index (χ0v) is 23.9. The maximum Gasteiger partial charge on any atom is 0.252 e. The molecule has 0 aliphatic carbocycles. The number of piperidine rings is 1. The summed E-state index contributed by atoms with van der Waals surface area (Å²) in [5, 5.41) is 15.9. The number of aliphatic hydroxyl groups is 1. The van der Waals surface area contributed by atoms with Gasteiger partial charge in [-0.1, -0.05) is 82.8 Å². The van der Waals surface area contributed by atoms with Crippen molar-refractivity contribution in [2.24, 2.45) is 0 Å². The van der Waals surface area contributed by atoms with E-state index in [-0.39, 0.29) is 24.2 Å². The van der Waals surface area contributed by atoms with Gasteiger partial charge in [-0.25, -0.2) is 0 Å². The fourth-order valence-electron chi connectivity index (χ4n) is 4.66. The van der Waals surface area contributed by atoms with Gasteiger partial charge in [-0.15, -0.1) is 12.4 Å². The molecule has 1 fully saturated rings. The highest BCUT2D eigenvalue weighted by atomic mass is 35.5. The van der Waals surface area contributed by atoms with Crippen molar-refractivity contribution in [3.05, 3.63) is 104 Å². The van der Waals surface area contributed by atoms with Crippen LogP contribution in [0.4, 0.5) is 0 Å². The predicted octanol–water partition coefficient (Wildman–Crippen LogP) is 7.61. The van der Waals surface area contributed by atoms with Gasteiger partial charge in [-0.2, -0.15) is 0 Å². The minimum absolute atomic E-state index is 0. The Morgan fingerprint density at radius 2 is 1.62 bits per heavy atom. The number of hydrogen-bond acceptors (Lipinski definition) is 3. The molecule has 3 aromatic carbocycles. The number of hydrogen-bond donors (Lipinski definition) is 2. The highest BCUT2D eigenvalue weighted by molar-refractivity contribution is 6.42. The van der Waals surface area contributed by atoms with Gasteiger partial charge >= 0.3 is 0 Å². The van der Waals surface area contributed by atoms with Gasteiger partial charge in [0.05, 0.1) is 26.2 Å². The molecule has 37 heavy (non-hydrogen) atoms. The van der Waals surface area contributed by atoms with Crippen LogP contribution in [0.15, 0.2) is 66.7 Å². The van der Waals surface area contributed by atoms with Gasteiger partial charge in [0.15, 0.2) is 0 Å². The fraction of sp³-hybridized carbons (Fsp3) is 0.321. The molecule has 1 unspecified atom stereocenters. The molecule has 9 heteroatoms. The van der Waals surface area contributed by atoms with E-state index in [0.717, 1.165) is 37.2 Å². The summed E-state index contributed by atoms with van der Waals surface area (Å²) in [5.74, 6) is -0.239. The van der Waals surface area contributed by atoms with Gasteiger partial charge in [-0.05, 0) is 67.3 Å². The van der Waals surface area contributed by atoms with Gasteiger partial charge in [0.1, 0.15) is 0 Å². The average Bonchev–Trinajstić information content (AvgIpc) is 2.87. The first kappa shape index (κ1) is 30.0. The van der Waals surface area contributed by atoms with Gasteiger partial charge < -0.3 is 15.3 Å². The van der Waals surface area contributed by atoms with Crippen LogP contribution in [-0.2, 0) is 5.60 Å². The topological polar surface area (TPSA) is 52.6 Å². The molecule has 1 aliphatic heterocycles. The molecule has 4 nitrogen and oxygen atoms in total. The lowest BCUT2D eigenvalue weighted by molar-refractivity contribution is -0.0263. The summed E-state index contributed by atoms with van der Waals surface area (Å²) in [6.45, 7) is 2.84. The number of carbonyl (C=O) groups excluding carboxylic acids is 1. The standard InChI is InChI=1S/C28H28Cl4N2O2.ClH/c29-22-7-8-23(25(31)17-22)27(35)33-18-20(19-6-9-24(30)26(32)16-19)10-13-34-14-11-28(36,12-15-34)21-4-2-1-3-5-21;/h1-9,16-17,20,36H,10-15,18H2,(H,33,35);1H. The van der Waals surface area contributed by atoms with Crippen molar-refractivity contribution in [2.75, 3.05) is 26.2 Å². The molecule has 0 bridgehead atoms. The molecule has 0 aromatic heterocycles. The molecule has 4 rings (SSSR count). The third-order valence-electron chi connectivity index (χ3n) is 6.89. The molecule has 0 spiro atoms. The summed E-state index contributed by atoms with van der Waals surface area (Å²) in [7, 11) is 0. The summed E-state index contributed by atoms with van der Waals surface area (Å²) in [4.78, 5) is 15.2. The zero-order chi connectivity index (χ0) is 25.7. The molecule has 198 valence electrons. The summed E-state index contributed by atoms with van der Waals surface area (Å²) in [6, 6.07) is 20.3. The molecule has 1 heterocycles. The van der Waals surface area contributed by atoms with E-state index in [4.69, 9.17) is 46.4 Å². The van der Waals surface area contributed by atoms with E-state index in [1.54, 1.807) is 24.3 Å². The van der Waals surface area contributed by atoms with E-state index in [9.17, 15) is 9.90 Å². The summed E-state index contributed by atoms with van der Waals surface area (Å²) in [5.41, 5.74) is 1.57. The Morgan fingerprint density at radius 1 is 0.919 bits per heavy atom. The summed E-state index contributed by atoms with van der Waals surface area (Å²) in [6.07, 6.45) is 2.16. The number of likely N-dealkylation sites (tertiary alicyclic amines) is 1. The smallest absolute Gasteiger partial charge is 0.252 e. The quantitative estimate of drug-likeness (QED) is 0.279. The lowest BCUT2D eigenvalue weighted by Crippen LogP contribution is -2.43. The lowest BCUT2D eigenvalue weighted by atomic mass is 9.84. The number of amides is 1. The molecule has 2 N–H and O–H groups in total. The van der Waals surface area contributed by atoms with Crippen LogP contribution < -0.4 is 5.32 Å². The van der Waals surface area contributed by atoms with E-state index in [1.807, 2.05) is 42.5 Å². The van der Waals surface area contributed by atoms with Crippen LogP contribution in [-0.4, -0.2) is 42.1 Å². The Bertz CT molecular complexity index is 1200. The van der Waals surface area contributed by atoms with Crippen molar-refractivity contribution in [2.45, 2.75) is 30.8 Å². The molecular weight excluding hydrogens is 574 g/mol. The van der Waals surface area contributed by atoms with Crippen molar-refractivity contribution in [1.82, 2.24) is 10.2 Å². The third-order valence-corrected chi connectivity index (χ3v) is 8.17. The van der Waals surface area contributed by atoms with E-state index in [2.05, 4.69) is 10.2 Å². The van der Waals surface area contributed by atoms with Crippen molar-refractivity contribution >= 4 is 64.7 Å². The van der Waals surface area contributed by atoms with Crippen LogP contribution in [0.3, 0.4) is 0 Å². The molecule has 1 atom stereocenters. The molecule has 1 amide bonds. The van der Waals surface area contributed by atoms with Crippen molar-refractivity contribution in [3.8, 4) is 0 Å². The van der Waals surface area contributed by atoms with Crippen molar-refractivity contribution in [1.29, 1.82) is 0 Å². The number of halogens is 5. The van der Waals surface area contributed by atoms with Gasteiger partial charge in [0, 0.05) is 30.6 Å². The number of carbonyl (C=O) groups is 1. The Hall–Kier alpha value is -1.50. The monoisotopic (exact) mass is 600 g/mol. The van der Waals surface area contributed by atoms with Crippen LogP contribution >= 0.6 is 58.8 Å². The van der Waals surface area contributed by atoms with Gasteiger partial charge in [0.2, 0.25) is 0 Å². The molecular formula is C28H29Cl5N2O2. The minimum Gasteiger partial charge on any atom is -0.385 e. The SMILES string of the molecule is Cl.O=C(NCC(CCN1CCC(O)(c2ccccc2)CC1)c1ccc(Cl)c(Cl)c1)c1ccc(Cl)cc1Cl. The normalized spacial score (nSPS) is 16.0. The Kier molecular flexibility index (Phi) is 11.0. The van der Waals surface area contributed by atoms with Gasteiger partial charge in [0.25, 0.3) is 5.91 Å². The molecule has 0 radical (unpaired) electrons. The Morgan fingerprint density at radius 3 is 2.27 bits per heavy atom. The van der Waals surface area contributed by atoms with E-state index < -0.39 is 5.60 Å². The van der Waals surface area contributed by atoms with Crippen LogP contribution in [0, 0.1) is 0 Å².